The molecule has 0 aromatic heterocycles. The van der Waals surface area contributed by atoms with Crippen molar-refractivity contribution in [1.29, 1.82) is 0 Å². The van der Waals surface area contributed by atoms with E-state index < -0.39 is 6.16 Å². The lowest BCUT2D eigenvalue weighted by atomic mass is 10.3. The summed E-state index contributed by atoms with van der Waals surface area (Å²) in [6.45, 7) is 3.10. The van der Waals surface area contributed by atoms with Gasteiger partial charge < -0.3 is 9.84 Å². The smallest absolute Gasteiger partial charge is 0.450 e. The average molecular weight is 156 g/mol. The Balaban J connectivity index is 3.52. The number of rotatable bonds is 4. The van der Waals surface area contributed by atoms with Crippen LogP contribution in [0.5, 0.6) is 0 Å². The molecule has 0 amide bonds. The van der Waals surface area contributed by atoms with Crippen LogP contribution in [-0.4, -0.2) is 23.7 Å². The van der Waals surface area contributed by atoms with Gasteiger partial charge in [0.15, 0.2) is 5.78 Å². The van der Waals surface area contributed by atoms with Crippen LogP contribution in [0.1, 0.15) is 0 Å². The van der Waals surface area contributed by atoms with Crippen LogP contribution in [0.4, 0.5) is 4.79 Å². The van der Waals surface area contributed by atoms with Gasteiger partial charge in [0.1, 0.15) is 6.61 Å². The molecular formula is C7H8O4. The number of ketones is 1. The molecular weight excluding hydrogens is 148 g/mol. The van der Waals surface area contributed by atoms with E-state index in [4.69, 9.17) is 5.11 Å². The molecule has 0 aliphatic rings. The summed E-state index contributed by atoms with van der Waals surface area (Å²) < 4.78 is 4.08. The van der Waals surface area contributed by atoms with Crippen molar-refractivity contribution < 1.29 is 19.4 Å². The quantitative estimate of drug-likeness (QED) is 0.487. The van der Waals surface area contributed by atoms with Crippen molar-refractivity contribution in [3.05, 3.63) is 24.8 Å². The highest BCUT2D eigenvalue weighted by atomic mass is 16.7. The zero-order valence-corrected chi connectivity index (χ0v) is 5.82. The van der Waals surface area contributed by atoms with E-state index in [0.717, 1.165) is 6.08 Å². The molecule has 0 bridgehead atoms. The second-order valence-corrected chi connectivity index (χ2v) is 1.59. The fourth-order valence-electron chi connectivity index (χ4n) is 0.352. The first-order valence-corrected chi connectivity index (χ1v) is 2.85. The molecule has 0 saturated carbocycles. The monoisotopic (exact) mass is 156 g/mol. The Hall–Kier alpha value is -1.58. The summed E-state index contributed by atoms with van der Waals surface area (Å²) in [5, 5.41) is 7.97. The number of allylic oxidation sites excluding steroid dienone is 2. The summed E-state index contributed by atoms with van der Waals surface area (Å²) in [5.74, 6) is -0.279. The fraction of sp³-hybridized carbons (Fsp3) is 0.143. The van der Waals surface area contributed by atoms with Gasteiger partial charge in [-0.1, -0.05) is 6.58 Å². The minimum absolute atomic E-state index is 0.116. The largest absolute Gasteiger partial charge is 0.506 e. The second-order valence-electron chi connectivity index (χ2n) is 1.59. The predicted molar refractivity (Wildman–Crippen MR) is 38.3 cm³/mol. The summed E-state index contributed by atoms with van der Waals surface area (Å²) in [5.41, 5.74) is 0. The van der Waals surface area contributed by atoms with Crippen LogP contribution in [0.15, 0.2) is 24.8 Å². The Morgan fingerprint density at radius 3 is 2.64 bits per heavy atom. The van der Waals surface area contributed by atoms with Gasteiger partial charge in [0.05, 0.1) is 0 Å². The molecule has 0 aliphatic carbocycles. The van der Waals surface area contributed by atoms with E-state index in [0.29, 0.717) is 0 Å². The Morgan fingerprint density at radius 1 is 1.55 bits per heavy atom. The summed E-state index contributed by atoms with van der Waals surface area (Å²) >= 11 is 0. The third-order valence-corrected chi connectivity index (χ3v) is 0.786. The maximum atomic E-state index is 10.4. The number of carbonyl (C=O) groups excluding carboxylic acids is 1. The Labute approximate surface area is 63.8 Å². The number of ether oxygens (including phenoxy) is 1. The first-order chi connectivity index (χ1) is 5.16. The Morgan fingerprint density at radius 2 is 2.18 bits per heavy atom. The van der Waals surface area contributed by atoms with E-state index in [1.807, 2.05) is 0 Å². The molecule has 0 aromatic rings. The van der Waals surface area contributed by atoms with Crippen molar-refractivity contribution in [3.63, 3.8) is 0 Å². The van der Waals surface area contributed by atoms with Crippen LogP contribution >= 0.6 is 0 Å². The van der Waals surface area contributed by atoms with Crippen molar-refractivity contribution in [2.75, 3.05) is 6.61 Å². The van der Waals surface area contributed by atoms with Crippen molar-refractivity contribution >= 4 is 11.9 Å². The number of carboxylic acid groups (broad SMARTS) is 1. The molecule has 4 nitrogen and oxygen atoms in total. The Bertz CT molecular complexity index is 193. The molecule has 11 heavy (non-hydrogen) atoms. The lowest BCUT2D eigenvalue weighted by Crippen LogP contribution is -1.99. The molecule has 0 aliphatic heterocycles. The van der Waals surface area contributed by atoms with Gasteiger partial charge in [-0.05, 0) is 18.2 Å². The van der Waals surface area contributed by atoms with Crippen LogP contribution in [0.2, 0.25) is 0 Å². The van der Waals surface area contributed by atoms with E-state index in [1.54, 1.807) is 0 Å². The van der Waals surface area contributed by atoms with Crippen molar-refractivity contribution in [2.24, 2.45) is 0 Å². The minimum atomic E-state index is -1.36. The highest BCUT2D eigenvalue weighted by molar-refractivity contribution is 5.98. The van der Waals surface area contributed by atoms with E-state index in [2.05, 4.69) is 11.3 Å². The summed E-state index contributed by atoms with van der Waals surface area (Å²) in [4.78, 5) is 20.2. The standard InChI is InChI=1S/C7H8O4/c1-2-6(8)4-3-5-11-7(9)10/h2-4H,1,5H2,(H,9,10). The first-order valence-electron chi connectivity index (χ1n) is 2.85. The van der Waals surface area contributed by atoms with Gasteiger partial charge in [-0.25, -0.2) is 4.79 Å². The summed E-state index contributed by atoms with van der Waals surface area (Å²) in [6, 6.07) is 0. The molecule has 60 valence electrons. The van der Waals surface area contributed by atoms with Gasteiger partial charge in [-0.15, -0.1) is 0 Å². The Kier molecular flexibility index (Phi) is 4.47. The van der Waals surface area contributed by atoms with E-state index in [9.17, 15) is 9.59 Å². The van der Waals surface area contributed by atoms with Gasteiger partial charge in [-0.2, -0.15) is 0 Å². The zero-order valence-electron chi connectivity index (χ0n) is 5.82. The van der Waals surface area contributed by atoms with Gasteiger partial charge in [0.2, 0.25) is 0 Å². The van der Waals surface area contributed by atoms with Crippen LogP contribution in [0.25, 0.3) is 0 Å². The van der Waals surface area contributed by atoms with Crippen LogP contribution in [-0.2, 0) is 9.53 Å². The number of carbonyl (C=O) groups is 2. The highest BCUT2D eigenvalue weighted by Gasteiger charge is 1.91. The topological polar surface area (TPSA) is 63.6 Å². The molecule has 0 fully saturated rings. The average Bonchev–Trinajstić information content (AvgIpc) is 1.97. The molecule has 0 atom stereocenters. The molecule has 0 aromatic carbocycles. The second kappa shape index (κ2) is 5.22. The summed E-state index contributed by atoms with van der Waals surface area (Å²) in [7, 11) is 0. The molecule has 0 radical (unpaired) electrons. The minimum Gasteiger partial charge on any atom is -0.450 e. The van der Waals surface area contributed by atoms with Gasteiger partial charge in [0, 0.05) is 0 Å². The van der Waals surface area contributed by atoms with Gasteiger partial charge in [0.25, 0.3) is 0 Å². The number of hydrogen-bond acceptors (Lipinski definition) is 3. The van der Waals surface area contributed by atoms with E-state index in [1.165, 1.54) is 12.2 Å². The van der Waals surface area contributed by atoms with Gasteiger partial charge >= 0.3 is 6.16 Å². The zero-order chi connectivity index (χ0) is 8.69. The molecule has 0 saturated heterocycles. The van der Waals surface area contributed by atoms with E-state index >= 15 is 0 Å². The molecule has 0 spiro atoms. The van der Waals surface area contributed by atoms with E-state index in [-0.39, 0.29) is 12.4 Å². The fourth-order valence-corrected chi connectivity index (χ4v) is 0.352. The first kappa shape index (κ1) is 9.42. The van der Waals surface area contributed by atoms with Crippen molar-refractivity contribution in [2.45, 2.75) is 0 Å². The molecule has 1 N–H and O–H groups in total. The van der Waals surface area contributed by atoms with Gasteiger partial charge in [-0.3, -0.25) is 4.79 Å². The third-order valence-electron chi connectivity index (χ3n) is 0.786. The lowest BCUT2D eigenvalue weighted by molar-refractivity contribution is -0.110. The molecule has 0 rings (SSSR count). The van der Waals surface area contributed by atoms with Crippen molar-refractivity contribution in [1.82, 2.24) is 0 Å². The highest BCUT2D eigenvalue weighted by Crippen LogP contribution is 1.81. The maximum Gasteiger partial charge on any atom is 0.506 e. The predicted octanol–water partition coefficient (Wildman–Crippen LogP) is 0.992. The molecule has 4 heteroatoms. The number of hydrogen-bond donors (Lipinski definition) is 1. The molecule has 0 unspecified atom stereocenters. The van der Waals surface area contributed by atoms with Crippen LogP contribution in [0, 0.1) is 0 Å². The SMILES string of the molecule is C=CC(=O)C=CCOC(=O)O. The van der Waals surface area contributed by atoms with Crippen LogP contribution < -0.4 is 0 Å². The lowest BCUT2D eigenvalue weighted by Gasteiger charge is -1.90. The summed E-state index contributed by atoms with van der Waals surface area (Å²) in [6.07, 6.45) is 2.26. The normalized spacial score (nSPS) is 9.45. The maximum absolute atomic E-state index is 10.4. The molecule has 0 heterocycles. The van der Waals surface area contributed by atoms with Crippen molar-refractivity contribution in [3.8, 4) is 0 Å². The third kappa shape index (κ3) is 6.30. The van der Waals surface area contributed by atoms with Crippen LogP contribution in [0.3, 0.4) is 0 Å².